The minimum atomic E-state index is 0.185. The van der Waals surface area contributed by atoms with Crippen molar-refractivity contribution in [2.75, 3.05) is 11.4 Å². The Balaban J connectivity index is 2.28. The molecule has 1 aromatic rings. The number of hydrogen-bond donors (Lipinski definition) is 0. The summed E-state index contributed by atoms with van der Waals surface area (Å²) in [6.45, 7) is 2.69. The summed E-state index contributed by atoms with van der Waals surface area (Å²) in [4.78, 5) is 17.5. The van der Waals surface area contributed by atoms with Gasteiger partial charge in [-0.25, -0.2) is 4.98 Å². The highest BCUT2D eigenvalue weighted by atomic mass is 35.5. The van der Waals surface area contributed by atoms with Crippen LogP contribution in [0.5, 0.6) is 0 Å². The zero-order chi connectivity index (χ0) is 10.8. The van der Waals surface area contributed by atoms with E-state index in [4.69, 9.17) is 11.6 Å². The third kappa shape index (κ3) is 2.12. The topological polar surface area (TPSA) is 33.2 Å². The van der Waals surface area contributed by atoms with Gasteiger partial charge < -0.3 is 4.90 Å². The lowest BCUT2D eigenvalue weighted by Crippen LogP contribution is -2.35. The molecule has 2 rings (SSSR count). The minimum Gasteiger partial charge on any atom is -0.311 e. The van der Waals surface area contributed by atoms with Crippen LogP contribution in [0.25, 0.3) is 0 Å². The molecule has 0 aliphatic carbocycles. The molecule has 1 aliphatic heterocycles. The van der Waals surface area contributed by atoms with Crippen LogP contribution in [-0.2, 0) is 4.79 Å². The van der Waals surface area contributed by atoms with Gasteiger partial charge in [-0.1, -0.05) is 11.6 Å². The first-order valence-corrected chi connectivity index (χ1v) is 5.49. The van der Waals surface area contributed by atoms with Crippen molar-refractivity contribution in [2.24, 2.45) is 0 Å². The molecule has 0 aromatic carbocycles. The van der Waals surface area contributed by atoms with Crippen LogP contribution in [0.4, 0.5) is 5.69 Å². The zero-order valence-corrected chi connectivity index (χ0v) is 9.42. The normalized spacial score (nSPS) is 16.9. The van der Waals surface area contributed by atoms with Crippen molar-refractivity contribution in [3.63, 3.8) is 0 Å². The average Bonchev–Trinajstić information content (AvgIpc) is 2.23. The third-order valence-electron chi connectivity index (χ3n) is 2.64. The van der Waals surface area contributed by atoms with Gasteiger partial charge in [0.15, 0.2) is 0 Å². The van der Waals surface area contributed by atoms with Crippen LogP contribution in [0, 0.1) is 6.92 Å². The monoisotopic (exact) mass is 224 g/mol. The lowest BCUT2D eigenvalue weighted by Gasteiger charge is -2.26. The van der Waals surface area contributed by atoms with Crippen molar-refractivity contribution in [2.45, 2.75) is 26.2 Å². The maximum Gasteiger partial charge on any atom is 0.227 e. The van der Waals surface area contributed by atoms with Crippen molar-refractivity contribution < 1.29 is 4.79 Å². The van der Waals surface area contributed by atoms with E-state index in [1.54, 1.807) is 11.1 Å². The molecule has 0 saturated carbocycles. The molecule has 80 valence electrons. The van der Waals surface area contributed by atoms with E-state index in [2.05, 4.69) is 4.98 Å². The van der Waals surface area contributed by atoms with Gasteiger partial charge in [0.2, 0.25) is 5.91 Å². The molecule has 0 bridgehead atoms. The molecule has 1 saturated heterocycles. The maximum absolute atomic E-state index is 11.7. The van der Waals surface area contributed by atoms with E-state index in [0.717, 1.165) is 30.6 Å². The standard InChI is InChI=1S/C11H13ClN2O/c1-8-6-9(7-13-11(8)12)14-5-3-2-4-10(14)15/h6-7H,2-5H2,1H3. The Morgan fingerprint density at radius 3 is 2.93 bits per heavy atom. The molecule has 0 unspecified atom stereocenters. The number of amides is 1. The summed E-state index contributed by atoms with van der Waals surface area (Å²) in [5.41, 5.74) is 1.77. The highest BCUT2D eigenvalue weighted by molar-refractivity contribution is 6.30. The lowest BCUT2D eigenvalue weighted by atomic mass is 10.1. The SMILES string of the molecule is Cc1cc(N2CCCCC2=O)cnc1Cl. The molecule has 15 heavy (non-hydrogen) atoms. The Kier molecular flexibility index (Phi) is 2.91. The molecule has 1 aliphatic rings. The summed E-state index contributed by atoms with van der Waals surface area (Å²) >= 11 is 5.84. The molecule has 0 spiro atoms. The first-order chi connectivity index (χ1) is 7.18. The van der Waals surface area contributed by atoms with Crippen LogP contribution in [0.3, 0.4) is 0 Å². The van der Waals surface area contributed by atoms with Crippen LogP contribution in [0.1, 0.15) is 24.8 Å². The van der Waals surface area contributed by atoms with Crippen molar-refractivity contribution in [1.29, 1.82) is 0 Å². The van der Waals surface area contributed by atoms with Crippen molar-refractivity contribution >= 4 is 23.2 Å². The summed E-state index contributed by atoms with van der Waals surface area (Å²) in [6.07, 6.45) is 4.36. The van der Waals surface area contributed by atoms with Gasteiger partial charge in [0, 0.05) is 13.0 Å². The molecule has 3 nitrogen and oxygen atoms in total. The molecule has 0 radical (unpaired) electrons. The fraction of sp³-hybridized carbons (Fsp3) is 0.455. The Morgan fingerprint density at radius 2 is 2.27 bits per heavy atom. The number of anilines is 1. The van der Waals surface area contributed by atoms with Gasteiger partial charge in [0.05, 0.1) is 11.9 Å². The fourth-order valence-electron chi connectivity index (χ4n) is 1.77. The van der Waals surface area contributed by atoms with Gasteiger partial charge in [-0.3, -0.25) is 4.79 Å². The molecule has 1 fully saturated rings. The molecular weight excluding hydrogens is 212 g/mol. The van der Waals surface area contributed by atoms with Crippen LogP contribution < -0.4 is 4.90 Å². The molecule has 0 atom stereocenters. The fourth-order valence-corrected chi connectivity index (χ4v) is 1.87. The summed E-state index contributed by atoms with van der Waals surface area (Å²) in [5, 5.41) is 0.503. The van der Waals surface area contributed by atoms with Crippen molar-refractivity contribution in [1.82, 2.24) is 4.98 Å². The number of rotatable bonds is 1. The summed E-state index contributed by atoms with van der Waals surface area (Å²) < 4.78 is 0. The molecule has 0 N–H and O–H groups in total. The van der Waals surface area contributed by atoms with Crippen LogP contribution in [-0.4, -0.2) is 17.4 Å². The van der Waals surface area contributed by atoms with E-state index in [-0.39, 0.29) is 5.91 Å². The molecule has 4 heteroatoms. The first-order valence-electron chi connectivity index (χ1n) is 5.11. The predicted molar refractivity (Wildman–Crippen MR) is 60.2 cm³/mol. The van der Waals surface area contributed by atoms with E-state index in [9.17, 15) is 4.79 Å². The van der Waals surface area contributed by atoms with Gasteiger partial charge in [-0.15, -0.1) is 0 Å². The summed E-state index contributed by atoms with van der Waals surface area (Å²) in [7, 11) is 0. The van der Waals surface area contributed by atoms with E-state index < -0.39 is 0 Å². The van der Waals surface area contributed by atoms with E-state index in [0.29, 0.717) is 11.6 Å². The maximum atomic E-state index is 11.7. The molecule has 2 heterocycles. The smallest absolute Gasteiger partial charge is 0.227 e. The summed E-state index contributed by atoms with van der Waals surface area (Å²) in [6, 6.07) is 1.92. The second-order valence-electron chi connectivity index (χ2n) is 3.80. The average molecular weight is 225 g/mol. The number of halogens is 1. The Morgan fingerprint density at radius 1 is 1.47 bits per heavy atom. The number of carbonyl (C=O) groups excluding carboxylic acids is 1. The molecule has 1 aromatic heterocycles. The van der Waals surface area contributed by atoms with E-state index >= 15 is 0 Å². The van der Waals surface area contributed by atoms with Crippen LogP contribution in [0.15, 0.2) is 12.3 Å². The lowest BCUT2D eigenvalue weighted by molar-refractivity contribution is -0.119. The second kappa shape index (κ2) is 4.19. The van der Waals surface area contributed by atoms with Gasteiger partial charge >= 0.3 is 0 Å². The molecule has 1 amide bonds. The number of piperidine rings is 1. The zero-order valence-electron chi connectivity index (χ0n) is 8.66. The number of aryl methyl sites for hydroxylation is 1. The van der Waals surface area contributed by atoms with E-state index in [1.165, 1.54) is 0 Å². The van der Waals surface area contributed by atoms with Crippen LogP contribution in [0.2, 0.25) is 5.15 Å². The number of carbonyl (C=O) groups is 1. The van der Waals surface area contributed by atoms with Crippen molar-refractivity contribution in [3.8, 4) is 0 Å². The highest BCUT2D eigenvalue weighted by Gasteiger charge is 2.20. The van der Waals surface area contributed by atoms with E-state index in [1.807, 2.05) is 13.0 Å². The van der Waals surface area contributed by atoms with Gasteiger partial charge in [0.1, 0.15) is 5.15 Å². The molecular formula is C11H13ClN2O. The minimum absolute atomic E-state index is 0.185. The Bertz CT molecular complexity index is 392. The van der Waals surface area contributed by atoms with Gasteiger partial charge in [0.25, 0.3) is 0 Å². The highest BCUT2D eigenvalue weighted by Crippen LogP contribution is 2.23. The first kappa shape index (κ1) is 10.4. The van der Waals surface area contributed by atoms with Gasteiger partial charge in [-0.05, 0) is 31.4 Å². The Labute approximate surface area is 94.1 Å². The summed E-state index contributed by atoms with van der Waals surface area (Å²) in [5.74, 6) is 0.185. The quantitative estimate of drug-likeness (QED) is 0.687. The Hall–Kier alpha value is -1.09. The number of aromatic nitrogens is 1. The van der Waals surface area contributed by atoms with Gasteiger partial charge in [-0.2, -0.15) is 0 Å². The van der Waals surface area contributed by atoms with Crippen LogP contribution >= 0.6 is 11.6 Å². The number of hydrogen-bond acceptors (Lipinski definition) is 2. The largest absolute Gasteiger partial charge is 0.311 e. The number of nitrogens with zero attached hydrogens (tertiary/aromatic N) is 2. The third-order valence-corrected chi connectivity index (χ3v) is 3.03. The second-order valence-corrected chi connectivity index (χ2v) is 4.16. The van der Waals surface area contributed by atoms with Crippen molar-refractivity contribution in [3.05, 3.63) is 23.0 Å². The predicted octanol–water partition coefficient (Wildman–Crippen LogP) is 2.56. The number of pyridine rings is 1.